The van der Waals surface area contributed by atoms with Gasteiger partial charge in [0.1, 0.15) is 5.65 Å². The molecule has 0 aliphatic rings. The lowest BCUT2D eigenvalue weighted by molar-refractivity contribution is 0.0602. The van der Waals surface area contributed by atoms with Gasteiger partial charge in [-0.2, -0.15) is 0 Å². The molecular weight excluding hydrogens is 282 g/mol. The van der Waals surface area contributed by atoms with Gasteiger partial charge in [0.25, 0.3) is 5.91 Å². The second kappa shape index (κ2) is 5.69. The quantitative estimate of drug-likeness (QED) is 0.753. The minimum Gasteiger partial charge on any atom is -0.465 e. The SMILES string of the molecule is COC(=O)c1ccccc1NC(=O)c1ccc2nccn2c1. The van der Waals surface area contributed by atoms with Gasteiger partial charge >= 0.3 is 5.97 Å². The molecule has 3 aromatic rings. The smallest absolute Gasteiger partial charge is 0.339 e. The third-order valence-electron chi connectivity index (χ3n) is 3.23. The van der Waals surface area contributed by atoms with Crippen molar-refractivity contribution in [1.29, 1.82) is 0 Å². The zero-order valence-electron chi connectivity index (χ0n) is 11.8. The Labute approximate surface area is 126 Å². The summed E-state index contributed by atoms with van der Waals surface area (Å²) in [5.41, 5.74) is 1.93. The molecule has 0 spiro atoms. The van der Waals surface area contributed by atoms with E-state index in [0.717, 1.165) is 5.65 Å². The Kier molecular flexibility index (Phi) is 3.57. The molecule has 6 heteroatoms. The summed E-state index contributed by atoms with van der Waals surface area (Å²) in [6.07, 6.45) is 5.09. The van der Waals surface area contributed by atoms with Gasteiger partial charge in [-0.1, -0.05) is 12.1 Å². The van der Waals surface area contributed by atoms with Crippen molar-refractivity contribution < 1.29 is 14.3 Å². The summed E-state index contributed by atoms with van der Waals surface area (Å²) in [7, 11) is 1.30. The number of hydrogen-bond acceptors (Lipinski definition) is 4. The molecule has 0 fully saturated rings. The maximum atomic E-state index is 12.3. The number of hydrogen-bond donors (Lipinski definition) is 1. The molecule has 110 valence electrons. The molecule has 0 radical (unpaired) electrons. The van der Waals surface area contributed by atoms with Crippen molar-refractivity contribution in [2.45, 2.75) is 0 Å². The van der Waals surface area contributed by atoms with Crippen LogP contribution in [0.2, 0.25) is 0 Å². The molecule has 0 atom stereocenters. The molecule has 0 unspecified atom stereocenters. The van der Waals surface area contributed by atoms with Crippen LogP contribution in [0.1, 0.15) is 20.7 Å². The van der Waals surface area contributed by atoms with Crippen LogP contribution in [0.15, 0.2) is 55.0 Å². The van der Waals surface area contributed by atoms with Crippen LogP contribution in [0, 0.1) is 0 Å². The molecule has 22 heavy (non-hydrogen) atoms. The predicted molar refractivity (Wildman–Crippen MR) is 80.9 cm³/mol. The van der Waals surface area contributed by atoms with Crippen molar-refractivity contribution in [2.75, 3.05) is 12.4 Å². The van der Waals surface area contributed by atoms with Gasteiger partial charge in [-0.25, -0.2) is 9.78 Å². The van der Waals surface area contributed by atoms with Gasteiger partial charge in [0, 0.05) is 18.6 Å². The first kappa shape index (κ1) is 13.8. The molecule has 0 aliphatic heterocycles. The Balaban J connectivity index is 1.89. The highest BCUT2D eigenvalue weighted by Gasteiger charge is 2.14. The number of rotatable bonds is 3. The number of nitrogens with one attached hydrogen (secondary N) is 1. The summed E-state index contributed by atoms with van der Waals surface area (Å²) in [5, 5.41) is 2.73. The maximum Gasteiger partial charge on any atom is 0.339 e. The predicted octanol–water partition coefficient (Wildman–Crippen LogP) is 2.37. The second-order valence-corrected chi connectivity index (χ2v) is 4.60. The average molecular weight is 295 g/mol. The minimum atomic E-state index is -0.499. The Morgan fingerprint density at radius 1 is 1.18 bits per heavy atom. The number of aromatic nitrogens is 2. The van der Waals surface area contributed by atoms with Gasteiger partial charge in [0.05, 0.1) is 23.9 Å². The van der Waals surface area contributed by atoms with Crippen LogP contribution in [-0.4, -0.2) is 28.4 Å². The van der Waals surface area contributed by atoms with Gasteiger partial charge in [0.2, 0.25) is 0 Å². The molecule has 0 saturated heterocycles. The molecule has 1 aromatic carbocycles. The third-order valence-corrected chi connectivity index (χ3v) is 3.23. The first-order valence-corrected chi connectivity index (χ1v) is 6.60. The highest BCUT2D eigenvalue weighted by atomic mass is 16.5. The summed E-state index contributed by atoms with van der Waals surface area (Å²) in [4.78, 5) is 28.2. The van der Waals surface area contributed by atoms with Gasteiger partial charge < -0.3 is 14.5 Å². The molecular formula is C16H13N3O3. The molecule has 0 saturated carbocycles. The Bertz CT molecular complexity index is 854. The number of methoxy groups -OCH3 is 1. The zero-order valence-corrected chi connectivity index (χ0v) is 11.8. The van der Waals surface area contributed by atoms with Crippen molar-refractivity contribution in [3.8, 4) is 0 Å². The van der Waals surface area contributed by atoms with E-state index < -0.39 is 5.97 Å². The van der Waals surface area contributed by atoms with Crippen LogP contribution >= 0.6 is 0 Å². The van der Waals surface area contributed by atoms with E-state index in [2.05, 4.69) is 10.3 Å². The number of imidazole rings is 1. The van der Waals surface area contributed by atoms with Crippen LogP contribution in [0.25, 0.3) is 5.65 Å². The molecule has 0 aliphatic carbocycles. The Hall–Kier alpha value is -3.15. The lowest BCUT2D eigenvalue weighted by atomic mass is 10.1. The highest BCUT2D eigenvalue weighted by Crippen LogP contribution is 2.17. The fraction of sp³-hybridized carbons (Fsp3) is 0.0625. The minimum absolute atomic E-state index is 0.307. The number of pyridine rings is 1. The van der Waals surface area contributed by atoms with E-state index in [0.29, 0.717) is 16.8 Å². The fourth-order valence-electron chi connectivity index (χ4n) is 2.13. The van der Waals surface area contributed by atoms with Crippen molar-refractivity contribution in [2.24, 2.45) is 0 Å². The highest BCUT2D eigenvalue weighted by molar-refractivity contribution is 6.07. The summed E-state index contributed by atoms with van der Waals surface area (Å²) in [6, 6.07) is 10.1. The lowest BCUT2D eigenvalue weighted by Crippen LogP contribution is -2.15. The average Bonchev–Trinajstić information content (AvgIpc) is 3.02. The number of fused-ring (bicyclic) bond motifs is 1. The Morgan fingerprint density at radius 3 is 2.82 bits per heavy atom. The van der Waals surface area contributed by atoms with Crippen molar-refractivity contribution in [3.05, 3.63) is 66.1 Å². The van der Waals surface area contributed by atoms with Crippen LogP contribution in [0.3, 0.4) is 0 Å². The van der Waals surface area contributed by atoms with Crippen LogP contribution in [0.4, 0.5) is 5.69 Å². The van der Waals surface area contributed by atoms with Crippen LogP contribution in [0.5, 0.6) is 0 Å². The number of nitrogens with zero attached hydrogens (tertiary/aromatic N) is 2. The van der Waals surface area contributed by atoms with Gasteiger partial charge in [-0.05, 0) is 24.3 Å². The van der Waals surface area contributed by atoms with Gasteiger partial charge in [-0.15, -0.1) is 0 Å². The first-order valence-electron chi connectivity index (χ1n) is 6.60. The zero-order chi connectivity index (χ0) is 15.5. The van der Waals surface area contributed by atoms with Crippen molar-refractivity contribution in [3.63, 3.8) is 0 Å². The van der Waals surface area contributed by atoms with Gasteiger partial charge in [0.15, 0.2) is 0 Å². The molecule has 0 bridgehead atoms. The normalized spacial score (nSPS) is 10.4. The molecule has 1 N–H and O–H groups in total. The van der Waals surface area contributed by atoms with E-state index in [1.54, 1.807) is 59.4 Å². The number of esters is 1. The molecule has 3 rings (SSSR count). The monoisotopic (exact) mass is 295 g/mol. The maximum absolute atomic E-state index is 12.3. The number of para-hydroxylation sites is 1. The fourth-order valence-corrected chi connectivity index (χ4v) is 2.13. The third kappa shape index (κ3) is 2.54. The van der Waals surface area contributed by atoms with E-state index in [-0.39, 0.29) is 5.91 Å². The number of carbonyl (C=O) groups excluding carboxylic acids is 2. The summed E-state index contributed by atoms with van der Waals surface area (Å²) >= 11 is 0. The largest absolute Gasteiger partial charge is 0.465 e. The summed E-state index contributed by atoms with van der Waals surface area (Å²) < 4.78 is 6.46. The lowest BCUT2D eigenvalue weighted by Gasteiger charge is -2.09. The molecule has 2 heterocycles. The van der Waals surface area contributed by atoms with Crippen LogP contribution in [-0.2, 0) is 4.74 Å². The topological polar surface area (TPSA) is 72.7 Å². The van der Waals surface area contributed by atoms with Crippen molar-refractivity contribution >= 4 is 23.2 Å². The van der Waals surface area contributed by atoms with E-state index in [4.69, 9.17) is 4.74 Å². The van der Waals surface area contributed by atoms with E-state index >= 15 is 0 Å². The number of amides is 1. The van der Waals surface area contributed by atoms with Crippen molar-refractivity contribution in [1.82, 2.24) is 9.38 Å². The number of ether oxygens (including phenoxy) is 1. The number of carbonyl (C=O) groups is 2. The van der Waals surface area contributed by atoms with Crippen LogP contribution < -0.4 is 5.32 Å². The number of anilines is 1. The molecule has 1 amide bonds. The summed E-state index contributed by atoms with van der Waals surface area (Å²) in [5.74, 6) is -0.812. The second-order valence-electron chi connectivity index (χ2n) is 4.60. The number of benzene rings is 1. The standard InChI is InChI=1S/C16H13N3O3/c1-22-16(21)12-4-2-3-5-13(12)18-15(20)11-6-7-14-17-8-9-19(14)10-11/h2-10H,1H3,(H,18,20). The molecule has 6 nitrogen and oxygen atoms in total. The first-order chi connectivity index (χ1) is 10.7. The molecule has 2 aromatic heterocycles. The summed E-state index contributed by atoms with van der Waals surface area (Å²) in [6.45, 7) is 0. The Morgan fingerprint density at radius 2 is 2.00 bits per heavy atom. The van der Waals surface area contributed by atoms with E-state index in [9.17, 15) is 9.59 Å². The van der Waals surface area contributed by atoms with E-state index in [1.165, 1.54) is 7.11 Å². The van der Waals surface area contributed by atoms with E-state index in [1.807, 2.05) is 0 Å². The van der Waals surface area contributed by atoms with Gasteiger partial charge in [-0.3, -0.25) is 4.79 Å².